The zero-order chi connectivity index (χ0) is 12.0. The van der Waals surface area contributed by atoms with E-state index in [1.165, 1.54) is 0 Å². The Morgan fingerprint density at radius 3 is 2.62 bits per heavy atom. The summed E-state index contributed by atoms with van der Waals surface area (Å²) in [7, 11) is 0. The van der Waals surface area contributed by atoms with Gasteiger partial charge < -0.3 is 15.0 Å². The van der Waals surface area contributed by atoms with Gasteiger partial charge in [0.2, 0.25) is 11.8 Å². The number of rotatable bonds is 4. The standard InChI is InChI=1S/C10H17BrN2O3/c1-8(12-9(14)2-3-11)10(15)13-4-6-16-7-5-13/h8H,2-7H2,1H3,(H,12,14). The van der Waals surface area contributed by atoms with E-state index in [9.17, 15) is 9.59 Å². The number of amides is 2. The summed E-state index contributed by atoms with van der Waals surface area (Å²) in [5, 5.41) is 3.29. The van der Waals surface area contributed by atoms with E-state index >= 15 is 0 Å². The first kappa shape index (κ1) is 13.4. The van der Waals surface area contributed by atoms with E-state index in [4.69, 9.17) is 4.74 Å². The first-order chi connectivity index (χ1) is 7.65. The van der Waals surface area contributed by atoms with Gasteiger partial charge in [-0.1, -0.05) is 15.9 Å². The maximum Gasteiger partial charge on any atom is 0.245 e. The summed E-state index contributed by atoms with van der Waals surface area (Å²) in [6.45, 7) is 4.08. The number of morpholine rings is 1. The van der Waals surface area contributed by atoms with Crippen molar-refractivity contribution < 1.29 is 14.3 Å². The predicted octanol–water partition coefficient (Wildman–Crippen LogP) is 0.135. The average Bonchev–Trinajstić information content (AvgIpc) is 2.29. The lowest BCUT2D eigenvalue weighted by Gasteiger charge is -2.29. The first-order valence-corrected chi connectivity index (χ1v) is 6.49. The predicted molar refractivity (Wildman–Crippen MR) is 63.4 cm³/mol. The van der Waals surface area contributed by atoms with E-state index in [-0.39, 0.29) is 11.8 Å². The summed E-state index contributed by atoms with van der Waals surface area (Å²) in [5.74, 6) is -0.141. The number of carbonyl (C=O) groups is 2. The highest BCUT2D eigenvalue weighted by Crippen LogP contribution is 2.01. The van der Waals surface area contributed by atoms with E-state index < -0.39 is 6.04 Å². The summed E-state index contributed by atoms with van der Waals surface area (Å²) < 4.78 is 5.16. The van der Waals surface area contributed by atoms with Gasteiger partial charge in [0.1, 0.15) is 6.04 Å². The van der Waals surface area contributed by atoms with Gasteiger partial charge in [-0.3, -0.25) is 9.59 Å². The maximum absolute atomic E-state index is 11.9. The lowest BCUT2D eigenvalue weighted by Crippen LogP contribution is -2.50. The van der Waals surface area contributed by atoms with Crippen molar-refractivity contribution in [3.8, 4) is 0 Å². The van der Waals surface area contributed by atoms with Gasteiger partial charge in [-0.2, -0.15) is 0 Å². The van der Waals surface area contributed by atoms with Crippen molar-refractivity contribution in [3.05, 3.63) is 0 Å². The number of hydrogen-bond donors (Lipinski definition) is 1. The van der Waals surface area contributed by atoms with E-state index in [1.54, 1.807) is 11.8 Å². The highest BCUT2D eigenvalue weighted by atomic mass is 79.9. The van der Waals surface area contributed by atoms with Crippen LogP contribution in [0.1, 0.15) is 13.3 Å². The third-order valence-electron chi connectivity index (χ3n) is 2.39. The topological polar surface area (TPSA) is 58.6 Å². The smallest absolute Gasteiger partial charge is 0.245 e. The summed E-state index contributed by atoms with van der Waals surface area (Å²) in [4.78, 5) is 24.9. The van der Waals surface area contributed by atoms with Crippen LogP contribution in [0.15, 0.2) is 0 Å². The molecule has 1 aliphatic rings. The Kier molecular flexibility index (Phi) is 5.76. The fourth-order valence-electron chi connectivity index (χ4n) is 1.52. The third kappa shape index (κ3) is 4.09. The lowest BCUT2D eigenvalue weighted by atomic mass is 10.2. The molecule has 1 saturated heterocycles. The molecule has 0 aromatic rings. The van der Waals surface area contributed by atoms with Gasteiger partial charge in [0.15, 0.2) is 0 Å². The highest BCUT2D eigenvalue weighted by Gasteiger charge is 2.23. The van der Waals surface area contributed by atoms with Gasteiger partial charge in [-0.15, -0.1) is 0 Å². The molecule has 0 saturated carbocycles. The normalized spacial score (nSPS) is 18.0. The molecule has 6 heteroatoms. The van der Waals surface area contributed by atoms with Gasteiger partial charge in [0.05, 0.1) is 13.2 Å². The van der Waals surface area contributed by atoms with Crippen molar-refractivity contribution in [1.82, 2.24) is 10.2 Å². The van der Waals surface area contributed by atoms with Crippen LogP contribution in [0.25, 0.3) is 0 Å². The number of alkyl halides is 1. The van der Waals surface area contributed by atoms with Gasteiger partial charge in [-0.05, 0) is 6.92 Å². The van der Waals surface area contributed by atoms with E-state index in [0.717, 1.165) is 0 Å². The minimum Gasteiger partial charge on any atom is -0.378 e. The Labute approximate surface area is 104 Å². The zero-order valence-electron chi connectivity index (χ0n) is 9.37. The zero-order valence-corrected chi connectivity index (χ0v) is 11.0. The molecule has 1 rings (SSSR count). The molecule has 1 N–H and O–H groups in total. The summed E-state index contributed by atoms with van der Waals surface area (Å²) in [6.07, 6.45) is 0.390. The van der Waals surface area contributed by atoms with Crippen molar-refractivity contribution in [2.75, 3.05) is 31.6 Å². The van der Waals surface area contributed by atoms with Crippen LogP contribution in [-0.2, 0) is 14.3 Å². The first-order valence-electron chi connectivity index (χ1n) is 5.37. The molecule has 1 fully saturated rings. The molecular weight excluding hydrogens is 276 g/mol. The molecule has 1 heterocycles. The number of nitrogens with one attached hydrogen (secondary N) is 1. The fourth-order valence-corrected chi connectivity index (χ4v) is 1.88. The van der Waals surface area contributed by atoms with Crippen LogP contribution >= 0.6 is 15.9 Å². The van der Waals surface area contributed by atoms with Crippen molar-refractivity contribution in [3.63, 3.8) is 0 Å². The van der Waals surface area contributed by atoms with Crippen molar-refractivity contribution in [1.29, 1.82) is 0 Å². The van der Waals surface area contributed by atoms with Crippen LogP contribution in [0.3, 0.4) is 0 Å². The second-order valence-electron chi connectivity index (χ2n) is 3.67. The highest BCUT2D eigenvalue weighted by molar-refractivity contribution is 9.09. The van der Waals surface area contributed by atoms with Crippen molar-refractivity contribution in [2.45, 2.75) is 19.4 Å². The Bertz CT molecular complexity index is 254. The molecule has 0 radical (unpaired) electrons. The van der Waals surface area contributed by atoms with Gasteiger partial charge in [0.25, 0.3) is 0 Å². The minimum absolute atomic E-state index is 0.0359. The second-order valence-corrected chi connectivity index (χ2v) is 4.46. The molecule has 0 aromatic heterocycles. The Morgan fingerprint density at radius 2 is 2.06 bits per heavy atom. The van der Waals surface area contributed by atoms with Crippen molar-refractivity contribution in [2.24, 2.45) is 0 Å². The number of ether oxygens (including phenoxy) is 1. The molecule has 2 amide bonds. The monoisotopic (exact) mass is 292 g/mol. The van der Waals surface area contributed by atoms with Crippen LogP contribution in [0.4, 0.5) is 0 Å². The van der Waals surface area contributed by atoms with Gasteiger partial charge >= 0.3 is 0 Å². The Hall–Kier alpha value is -0.620. The van der Waals surface area contributed by atoms with Gasteiger partial charge in [0, 0.05) is 24.8 Å². The molecule has 1 unspecified atom stereocenters. The van der Waals surface area contributed by atoms with E-state index in [0.29, 0.717) is 38.1 Å². The SMILES string of the molecule is CC(NC(=O)CCBr)C(=O)N1CCOCC1. The number of nitrogens with zero attached hydrogens (tertiary/aromatic N) is 1. The van der Waals surface area contributed by atoms with Crippen LogP contribution in [0.2, 0.25) is 0 Å². The quantitative estimate of drug-likeness (QED) is 0.750. The molecule has 0 spiro atoms. The van der Waals surface area contributed by atoms with Crippen LogP contribution in [-0.4, -0.2) is 54.4 Å². The number of carbonyl (C=O) groups excluding carboxylic acids is 2. The summed E-state index contributed by atoms with van der Waals surface area (Å²) >= 11 is 3.18. The molecular formula is C10H17BrN2O3. The van der Waals surface area contributed by atoms with Crippen LogP contribution < -0.4 is 5.32 Å². The van der Waals surface area contributed by atoms with Crippen LogP contribution in [0.5, 0.6) is 0 Å². The lowest BCUT2D eigenvalue weighted by molar-refractivity contribution is -0.139. The fraction of sp³-hybridized carbons (Fsp3) is 0.800. The minimum atomic E-state index is -0.454. The van der Waals surface area contributed by atoms with E-state index in [2.05, 4.69) is 21.2 Å². The summed E-state index contributed by atoms with van der Waals surface area (Å²) in [5.41, 5.74) is 0. The third-order valence-corrected chi connectivity index (χ3v) is 2.79. The Morgan fingerprint density at radius 1 is 1.44 bits per heavy atom. The van der Waals surface area contributed by atoms with Gasteiger partial charge in [-0.25, -0.2) is 0 Å². The molecule has 92 valence electrons. The van der Waals surface area contributed by atoms with Crippen LogP contribution in [0, 0.1) is 0 Å². The molecule has 0 bridgehead atoms. The molecule has 16 heavy (non-hydrogen) atoms. The molecule has 5 nitrogen and oxygen atoms in total. The molecule has 1 aliphatic heterocycles. The van der Waals surface area contributed by atoms with Crippen molar-refractivity contribution >= 4 is 27.7 Å². The summed E-state index contributed by atoms with van der Waals surface area (Å²) in [6, 6.07) is -0.454. The molecule has 1 atom stereocenters. The number of halogens is 1. The Balaban J connectivity index is 2.37. The largest absolute Gasteiger partial charge is 0.378 e. The maximum atomic E-state index is 11.9. The number of hydrogen-bond acceptors (Lipinski definition) is 3. The van der Waals surface area contributed by atoms with E-state index in [1.807, 2.05) is 0 Å². The second kappa shape index (κ2) is 6.85. The molecule has 0 aliphatic carbocycles. The average molecular weight is 293 g/mol. The molecule has 0 aromatic carbocycles.